The summed E-state index contributed by atoms with van der Waals surface area (Å²) in [6, 6.07) is 18.7. The number of imidazole rings is 1. The summed E-state index contributed by atoms with van der Waals surface area (Å²) >= 11 is 0. The van der Waals surface area contributed by atoms with Crippen molar-refractivity contribution in [2.24, 2.45) is 0 Å². The number of aromatic nitrogens is 2. The third-order valence-electron chi connectivity index (χ3n) is 5.20. The quantitative estimate of drug-likeness (QED) is 0.788. The molecule has 5 heteroatoms. The number of rotatable bonds is 4. The largest absolute Gasteiger partial charge is 0.342 e. The molecule has 0 aliphatic carbocycles. The van der Waals surface area contributed by atoms with E-state index in [4.69, 9.17) is 0 Å². The minimum Gasteiger partial charge on any atom is -0.342 e. The topological polar surface area (TPSA) is 52.2 Å². The Kier molecular flexibility index (Phi) is 4.71. The molecule has 1 N–H and O–H groups in total. The zero-order valence-corrected chi connectivity index (χ0v) is 15.1. The summed E-state index contributed by atoms with van der Waals surface area (Å²) in [6.07, 6.45) is 1.14. The van der Waals surface area contributed by atoms with Gasteiger partial charge in [0.05, 0.1) is 17.1 Å². The van der Waals surface area contributed by atoms with Gasteiger partial charge in [-0.05, 0) is 24.7 Å². The van der Waals surface area contributed by atoms with Crippen molar-refractivity contribution in [3.63, 3.8) is 0 Å². The van der Waals surface area contributed by atoms with Crippen LogP contribution in [0.1, 0.15) is 23.9 Å². The molecule has 1 saturated heterocycles. The third-order valence-corrected chi connectivity index (χ3v) is 5.20. The SMILES string of the molecule is CN1CCN(C(=O)CCc2nc3ccccc3[nH]2)C[C@@H]1c1ccccc1. The highest BCUT2D eigenvalue weighted by atomic mass is 16.2. The van der Waals surface area contributed by atoms with Crippen LogP contribution in [0.4, 0.5) is 0 Å². The molecule has 1 amide bonds. The summed E-state index contributed by atoms with van der Waals surface area (Å²) in [7, 11) is 2.13. The van der Waals surface area contributed by atoms with Crippen molar-refractivity contribution in [3.8, 4) is 0 Å². The molecule has 1 aliphatic heterocycles. The summed E-state index contributed by atoms with van der Waals surface area (Å²) in [4.78, 5) is 24.9. The van der Waals surface area contributed by atoms with Crippen LogP contribution in [-0.2, 0) is 11.2 Å². The van der Waals surface area contributed by atoms with Gasteiger partial charge in [-0.25, -0.2) is 4.98 Å². The Hall–Kier alpha value is -2.66. The van der Waals surface area contributed by atoms with Crippen molar-refractivity contribution < 1.29 is 4.79 Å². The maximum atomic E-state index is 12.7. The van der Waals surface area contributed by atoms with Crippen LogP contribution in [0.2, 0.25) is 0 Å². The molecule has 5 nitrogen and oxygen atoms in total. The Balaban J connectivity index is 1.39. The molecule has 1 aliphatic rings. The molecule has 134 valence electrons. The molecule has 1 fully saturated rings. The van der Waals surface area contributed by atoms with E-state index in [1.165, 1.54) is 5.56 Å². The average Bonchev–Trinajstić information content (AvgIpc) is 3.10. The number of para-hydroxylation sites is 2. The normalized spacial score (nSPS) is 18.3. The second kappa shape index (κ2) is 7.30. The first kappa shape index (κ1) is 16.8. The van der Waals surface area contributed by atoms with Gasteiger partial charge in [0.2, 0.25) is 5.91 Å². The predicted octanol–water partition coefficient (Wildman–Crippen LogP) is 3.01. The van der Waals surface area contributed by atoms with Crippen LogP contribution < -0.4 is 0 Å². The van der Waals surface area contributed by atoms with Crippen molar-refractivity contribution in [1.82, 2.24) is 19.8 Å². The fourth-order valence-electron chi connectivity index (χ4n) is 3.64. The number of aromatic amines is 1. The van der Waals surface area contributed by atoms with Crippen molar-refractivity contribution in [2.75, 3.05) is 26.7 Å². The monoisotopic (exact) mass is 348 g/mol. The fourth-order valence-corrected chi connectivity index (χ4v) is 3.64. The molecule has 0 spiro atoms. The number of hydrogen-bond acceptors (Lipinski definition) is 3. The number of H-pyrrole nitrogens is 1. The summed E-state index contributed by atoms with van der Waals surface area (Å²) < 4.78 is 0. The van der Waals surface area contributed by atoms with Crippen molar-refractivity contribution in [1.29, 1.82) is 0 Å². The van der Waals surface area contributed by atoms with Crippen LogP contribution >= 0.6 is 0 Å². The number of nitrogens with zero attached hydrogens (tertiary/aromatic N) is 3. The summed E-state index contributed by atoms with van der Waals surface area (Å²) in [5.74, 6) is 1.09. The van der Waals surface area contributed by atoms with Crippen LogP contribution in [0.15, 0.2) is 54.6 Å². The van der Waals surface area contributed by atoms with E-state index in [0.29, 0.717) is 12.8 Å². The van der Waals surface area contributed by atoms with Crippen LogP contribution in [-0.4, -0.2) is 52.4 Å². The van der Waals surface area contributed by atoms with Gasteiger partial charge in [0.15, 0.2) is 0 Å². The van der Waals surface area contributed by atoms with Gasteiger partial charge in [0.25, 0.3) is 0 Å². The van der Waals surface area contributed by atoms with E-state index in [9.17, 15) is 4.79 Å². The second-order valence-corrected chi connectivity index (χ2v) is 6.95. The average molecular weight is 348 g/mol. The Labute approximate surface area is 153 Å². The zero-order chi connectivity index (χ0) is 17.9. The van der Waals surface area contributed by atoms with Crippen LogP contribution in [0.3, 0.4) is 0 Å². The number of carbonyl (C=O) groups is 1. The van der Waals surface area contributed by atoms with Crippen LogP contribution in [0.25, 0.3) is 11.0 Å². The number of carbonyl (C=O) groups excluding carboxylic acids is 1. The van der Waals surface area contributed by atoms with E-state index in [1.807, 2.05) is 35.2 Å². The lowest BCUT2D eigenvalue weighted by Crippen LogP contribution is -2.49. The number of benzene rings is 2. The Bertz CT molecular complexity index is 856. The molecule has 0 unspecified atom stereocenters. The van der Waals surface area contributed by atoms with Crippen LogP contribution in [0.5, 0.6) is 0 Å². The number of amides is 1. The molecule has 0 saturated carbocycles. The summed E-state index contributed by atoms with van der Waals surface area (Å²) in [5.41, 5.74) is 3.25. The van der Waals surface area contributed by atoms with Gasteiger partial charge in [0.1, 0.15) is 5.82 Å². The van der Waals surface area contributed by atoms with Crippen LogP contribution in [0, 0.1) is 0 Å². The molecule has 26 heavy (non-hydrogen) atoms. The summed E-state index contributed by atoms with van der Waals surface area (Å²) in [6.45, 7) is 2.44. The number of hydrogen-bond donors (Lipinski definition) is 1. The molecule has 2 aromatic carbocycles. The standard InChI is InChI=1S/C21H24N4O/c1-24-13-14-25(15-19(24)16-7-3-2-4-8-16)21(26)12-11-20-22-17-9-5-6-10-18(17)23-20/h2-10,19H,11-15H2,1H3,(H,22,23)/t19-/m1/s1. The lowest BCUT2D eigenvalue weighted by molar-refractivity contribution is -0.134. The highest BCUT2D eigenvalue weighted by Gasteiger charge is 2.28. The number of likely N-dealkylation sites (N-methyl/N-ethyl adjacent to an activating group) is 1. The number of aryl methyl sites for hydroxylation is 1. The molecule has 4 rings (SSSR count). The highest BCUT2D eigenvalue weighted by Crippen LogP contribution is 2.24. The fraction of sp³-hybridized carbons (Fsp3) is 0.333. The lowest BCUT2D eigenvalue weighted by Gasteiger charge is -2.39. The molecule has 1 atom stereocenters. The van der Waals surface area contributed by atoms with Gasteiger partial charge < -0.3 is 9.88 Å². The molecular formula is C21H24N4O. The molecule has 2 heterocycles. The van der Waals surface area contributed by atoms with Gasteiger partial charge >= 0.3 is 0 Å². The molecule has 0 bridgehead atoms. The van der Waals surface area contributed by atoms with Gasteiger partial charge in [0, 0.05) is 32.5 Å². The first-order chi connectivity index (χ1) is 12.7. The Morgan fingerprint density at radius 2 is 1.88 bits per heavy atom. The molecule has 1 aromatic heterocycles. The van der Waals surface area contributed by atoms with Crippen molar-refractivity contribution >= 4 is 16.9 Å². The van der Waals surface area contributed by atoms with E-state index in [1.54, 1.807) is 0 Å². The van der Waals surface area contributed by atoms with Gasteiger partial charge in [-0.1, -0.05) is 42.5 Å². The van der Waals surface area contributed by atoms with E-state index in [0.717, 1.165) is 36.5 Å². The van der Waals surface area contributed by atoms with E-state index in [2.05, 4.69) is 46.2 Å². The minimum absolute atomic E-state index is 0.208. The smallest absolute Gasteiger partial charge is 0.223 e. The third kappa shape index (κ3) is 3.48. The van der Waals surface area contributed by atoms with Gasteiger partial charge in [-0.15, -0.1) is 0 Å². The highest BCUT2D eigenvalue weighted by molar-refractivity contribution is 5.77. The number of piperazine rings is 1. The Morgan fingerprint density at radius 1 is 1.12 bits per heavy atom. The maximum absolute atomic E-state index is 12.7. The predicted molar refractivity (Wildman–Crippen MR) is 103 cm³/mol. The minimum atomic E-state index is 0.208. The van der Waals surface area contributed by atoms with E-state index < -0.39 is 0 Å². The maximum Gasteiger partial charge on any atom is 0.223 e. The second-order valence-electron chi connectivity index (χ2n) is 6.95. The van der Waals surface area contributed by atoms with Gasteiger partial charge in [-0.2, -0.15) is 0 Å². The first-order valence-corrected chi connectivity index (χ1v) is 9.17. The number of fused-ring (bicyclic) bond motifs is 1. The van der Waals surface area contributed by atoms with E-state index >= 15 is 0 Å². The van der Waals surface area contributed by atoms with E-state index in [-0.39, 0.29) is 11.9 Å². The molecule has 0 radical (unpaired) electrons. The Morgan fingerprint density at radius 3 is 2.69 bits per heavy atom. The lowest BCUT2D eigenvalue weighted by atomic mass is 10.0. The zero-order valence-electron chi connectivity index (χ0n) is 15.1. The van der Waals surface area contributed by atoms with Crippen molar-refractivity contribution in [3.05, 3.63) is 66.0 Å². The molecule has 3 aromatic rings. The van der Waals surface area contributed by atoms with Crippen molar-refractivity contribution in [2.45, 2.75) is 18.9 Å². The molecular weight excluding hydrogens is 324 g/mol. The first-order valence-electron chi connectivity index (χ1n) is 9.17. The number of nitrogens with one attached hydrogen (secondary N) is 1. The van der Waals surface area contributed by atoms with Gasteiger partial charge in [-0.3, -0.25) is 9.69 Å². The summed E-state index contributed by atoms with van der Waals surface area (Å²) in [5, 5.41) is 0.